The smallest absolute Gasteiger partial charge is 0.274 e. The highest BCUT2D eigenvalue weighted by Crippen LogP contribution is 2.48. The first-order chi connectivity index (χ1) is 21.6. The van der Waals surface area contributed by atoms with Crippen molar-refractivity contribution in [3.8, 4) is 17.2 Å². The first-order valence-corrected chi connectivity index (χ1v) is 15.1. The lowest BCUT2D eigenvalue weighted by atomic mass is 9.94. The Balaban J connectivity index is 1.23. The van der Waals surface area contributed by atoms with Gasteiger partial charge in [0.05, 0.1) is 24.5 Å². The zero-order valence-corrected chi connectivity index (χ0v) is 25.8. The summed E-state index contributed by atoms with van der Waals surface area (Å²) >= 11 is 6.39. The van der Waals surface area contributed by atoms with E-state index in [1.165, 1.54) is 0 Å². The van der Waals surface area contributed by atoms with Gasteiger partial charge in [-0.2, -0.15) is 0 Å². The highest BCUT2D eigenvalue weighted by atomic mass is 35.5. The van der Waals surface area contributed by atoms with Crippen molar-refractivity contribution in [2.24, 2.45) is 0 Å². The quantitative estimate of drug-likeness (QED) is 0.143. The van der Waals surface area contributed by atoms with Crippen molar-refractivity contribution < 1.29 is 29.3 Å². The molecule has 0 aliphatic carbocycles. The summed E-state index contributed by atoms with van der Waals surface area (Å²) in [5, 5.41) is 25.0. The molecule has 5 aromatic rings. The number of aromatic hydroxyl groups is 1. The van der Waals surface area contributed by atoms with Crippen LogP contribution in [0, 0.1) is 0 Å². The molecule has 3 heterocycles. The molecule has 45 heavy (non-hydrogen) atoms. The summed E-state index contributed by atoms with van der Waals surface area (Å²) in [6, 6.07) is 17.2. The number of aliphatic hydroxyl groups excluding tert-OH is 1. The number of methoxy groups -OCH3 is 1. The number of nitrogens with one attached hydrogen (secondary N) is 2. The Labute approximate surface area is 264 Å². The molecular formula is C34H33ClN4O6. The molecular weight excluding hydrogens is 596 g/mol. The molecule has 0 saturated carbocycles. The highest BCUT2D eigenvalue weighted by molar-refractivity contribution is 6.19. The third-order valence-corrected chi connectivity index (χ3v) is 8.45. The van der Waals surface area contributed by atoms with Crippen molar-refractivity contribution in [1.82, 2.24) is 9.97 Å². The Hall–Kier alpha value is -4.80. The predicted molar refractivity (Wildman–Crippen MR) is 174 cm³/mol. The SMILES string of the molecule is COc1cccc2c(O)cc3c(c12)C(CCl)CN3C(=O)c1cc2cc(NC(=O)c3ccc(OC(C)(C)CCO)cc3)ncc2[nH]1. The van der Waals surface area contributed by atoms with E-state index in [0.29, 0.717) is 63.5 Å². The van der Waals surface area contributed by atoms with Gasteiger partial charge in [-0.25, -0.2) is 4.98 Å². The number of rotatable bonds is 9. The number of nitrogens with zero attached hydrogens (tertiary/aromatic N) is 2. The second kappa shape index (κ2) is 11.9. The van der Waals surface area contributed by atoms with E-state index in [-0.39, 0.29) is 36.0 Å². The van der Waals surface area contributed by atoms with Crippen LogP contribution in [0.2, 0.25) is 0 Å². The molecule has 11 heteroatoms. The van der Waals surface area contributed by atoms with Gasteiger partial charge in [-0.3, -0.25) is 9.59 Å². The number of aromatic nitrogens is 2. The van der Waals surface area contributed by atoms with Crippen LogP contribution in [0.5, 0.6) is 17.2 Å². The number of carbonyl (C=O) groups is 2. The zero-order valence-electron chi connectivity index (χ0n) is 25.1. The van der Waals surface area contributed by atoms with Crippen LogP contribution in [0.4, 0.5) is 11.5 Å². The zero-order chi connectivity index (χ0) is 31.9. The van der Waals surface area contributed by atoms with Gasteiger partial charge in [0.1, 0.15) is 34.4 Å². The molecule has 2 amide bonds. The van der Waals surface area contributed by atoms with Crippen LogP contribution in [0.1, 0.15) is 52.6 Å². The van der Waals surface area contributed by atoms with E-state index in [1.807, 2.05) is 32.0 Å². The van der Waals surface area contributed by atoms with Crippen LogP contribution in [0.3, 0.4) is 0 Å². The van der Waals surface area contributed by atoms with E-state index in [1.54, 1.807) is 60.7 Å². The van der Waals surface area contributed by atoms with Crippen molar-refractivity contribution in [1.29, 1.82) is 0 Å². The van der Waals surface area contributed by atoms with Crippen molar-refractivity contribution in [2.75, 3.05) is 36.4 Å². The standard InChI is InChI=1S/C34H33ClN4O6/c1-34(2,11-12-40)45-22-9-7-19(8-10-22)32(42)38-29-14-20-13-24(37-25(20)17-36-29)33(43)39-18-21(16-35)30-26(39)15-27(41)23-5-4-6-28(44-3)31(23)30/h4-10,13-15,17,21,37,40-41H,11-12,16,18H2,1-3H3,(H,36,38,42). The number of ether oxygens (including phenoxy) is 2. The van der Waals surface area contributed by atoms with Crippen LogP contribution in [-0.4, -0.2) is 63.7 Å². The molecule has 1 atom stereocenters. The number of benzene rings is 3. The molecule has 2 aromatic heterocycles. The fourth-order valence-electron chi connectivity index (χ4n) is 5.83. The number of hydrogen-bond donors (Lipinski definition) is 4. The summed E-state index contributed by atoms with van der Waals surface area (Å²) in [5.74, 6) is 1.05. The maximum atomic E-state index is 13.9. The molecule has 4 N–H and O–H groups in total. The van der Waals surface area contributed by atoms with Crippen LogP contribution in [0.25, 0.3) is 21.7 Å². The highest BCUT2D eigenvalue weighted by Gasteiger charge is 2.36. The van der Waals surface area contributed by atoms with Gasteiger partial charge < -0.3 is 34.9 Å². The summed E-state index contributed by atoms with van der Waals surface area (Å²) in [6.07, 6.45) is 2.04. The van der Waals surface area contributed by atoms with E-state index in [0.717, 1.165) is 10.9 Å². The average Bonchev–Trinajstić information content (AvgIpc) is 3.62. The van der Waals surface area contributed by atoms with E-state index >= 15 is 0 Å². The van der Waals surface area contributed by atoms with Gasteiger partial charge >= 0.3 is 0 Å². The second-order valence-electron chi connectivity index (χ2n) is 11.6. The maximum Gasteiger partial charge on any atom is 0.274 e. The number of aromatic amines is 1. The number of pyridine rings is 1. The number of H-pyrrole nitrogens is 1. The molecule has 1 unspecified atom stereocenters. The average molecular weight is 629 g/mol. The molecule has 10 nitrogen and oxygen atoms in total. The summed E-state index contributed by atoms with van der Waals surface area (Å²) in [5.41, 5.74) is 2.28. The molecule has 0 spiro atoms. The number of hydrogen-bond acceptors (Lipinski definition) is 7. The first kappa shape index (κ1) is 30.2. The molecule has 1 aliphatic rings. The van der Waals surface area contributed by atoms with Crippen LogP contribution < -0.4 is 19.7 Å². The Bertz CT molecular complexity index is 1920. The molecule has 1 aliphatic heterocycles. The molecule has 0 bridgehead atoms. The van der Waals surface area contributed by atoms with Gasteiger partial charge in [-0.1, -0.05) is 12.1 Å². The monoisotopic (exact) mass is 628 g/mol. The molecule has 3 aromatic carbocycles. The Morgan fingerprint density at radius 2 is 1.93 bits per heavy atom. The Kier molecular flexibility index (Phi) is 8.03. The largest absolute Gasteiger partial charge is 0.507 e. The first-order valence-electron chi connectivity index (χ1n) is 14.5. The summed E-state index contributed by atoms with van der Waals surface area (Å²) in [6.45, 7) is 4.12. The molecule has 6 rings (SSSR count). The number of anilines is 2. The van der Waals surface area contributed by atoms with Crippen molar-refractivity contribution in [3.63, 3.8) is 0 Å². The third kappa shape index (κ3) is 5.74. The normalized spacial score (nSPS) is 14.5. The van der Waals surface area contributed by atoms with E-state index in [2.05, 4.69) is 15.3 Å². The number of amides is 2. The van der Waals surface area contributed by atoms with Crippen molar-refractivity contribution in [3.05, 3.63) is 83.7 Å². The predicted octanol–water partition coefficient (Wildman–Crippen LogP) is 6.21. The Morgan fingerprint density at radius 3 is 2.64 bits per heavy atom. The number of aliphatic hydroxyl groups is 1. The number of halogens is 1. The minimum Gasteiger partial charge on any atom is -0.507 e. The van der Waals surface area contributed by atoms with Crippen molar-refractivity contribution in [2.45, 2.75) is 31.8 Å². The molecule has 0 fully saturated rings. The minimum absolute atomic E-state index is 0.0139. The minimum atomic E-state index is -0.539. The van der Waals surface area contributed by atoms with E-state index in [9.17, 15) is 19.8 Å². The van der Waals surface area contributed by atoms with E-state index in [4.69, 9.17) is 21.1 Å². The molecule has 0 saturated heterocycles. The fraction of sp³-hybridized carbons (Fsp3) is 0.265. The summed E-state index contributed by atoms with van der Waals surface area (Å²) in [4.78, 5) is 35.9. The molecule has 232 valence electrons. The second-order valence-corrected chi connectivity index (χ2v) is 11.9. The van der Waals surface area contributed by atoms with Crippen LogP contribution in [0.15, 0.2) is 66.9 Å². The lowest BCUT2D eigenvalue weighted by Crippen LogP contribution is -2.30. The van der Waals surface area contributed by atoms with Gasteiger partial charge in [0, 0.05) is 59.2 Å². The number of fused-ring (bicyclic) bond motifs is 4. The van der Waals surface area contributed by atoms with Gasteiger partial charge in [-0.15, -0.1) is 11.6 Å². The van der Waals surface area contributed by atoms with Gasteiger partial charge in [-0.05, 0) is 61.9 Å². The van der Waals surface area contributed by atoms with Crippen LogP contribution >= 0.6 is 11.6 Å². The number of phenolic OH excluding ortho intramolecular Hbond substituents is 1. The third-order valence-electron chi connectivity index (χ3n) is 8.08. The lowest BCUT2D eigenvalue weighted by molar-refractivity contribution is 0.0765. The number of phenols is 1. The summed E-state index contributed by atoms with van der Waals surface area (Å²) in [7, 11) is 1.57. The van der Waals surface area contributed by atoms with E-state index < -0.39 is 5.60 Å². The lowest BCUT2D eigenvalue weighted by Gasteiger charge is -2.25. The number of alkyl halides is 1. The number of carbonyl (C=O) groups excluding carboxylic acids is 2. The van der Waals surface area contributed by atoms with Crippen molar-refractivity contribution >= 4 is 56.6 Å². The topological polar surface area (TPSA) is 137 Å². The summed E-state index contributed by atoms with van der Waals surface area (Å²) < 4.78 is 11.5. The van der Waals surface area contributed by atoms with Gasteiger partial charge in [0.2, 0.25) is 0 Å². The maximum absolute atomic E-state index is 13.9. The van der Waals surface area contributed by atoms with Crippen LogP contribution in [-0.2, 0) is 0 Å². The Morgan fingerprint density at radius 1 is 1.16 bits per heavy atom. The van der Waals surface area contributed by atoms with Gasteiger partial charge in [0.25, 0.3) is 11.8 Å². The van der Waals surface area contributed by atoms with Gasteiger partial charge in [0.15, 0.2) is 0 Å². The fourth-order valence-corrected chi connectivity index (χ4v) is 6.08. The molecule has 0 radical (unpaired) electrons.